The third-order valence-corrected chi connectivity index (χ3v) is 1.79. The van der Waals surface area contributed by atoms with Crippen molar-refractivity contribution in [2.45, 2.75) is 25.7 Å². The second-order valence-electron chi connectivity index (χ2n) is 3.07. The molecule has 0 aliphatic heterocycles. The SMILES string of the molecule is OCCCCCC(CO)CO.OP(O)O. The second-order valence-corrected chi connectivity index (χ2v) is 3.61. The van der Waals surface area contributed by atoms with Crippen molar-refractivity contribution in [2.24, 2.45) is 5.92 Å². The van der Waals surface area contributed by atoms with Crippen molar-refractivity contribution >= 4 is 8.60 Å². The molecule has 0 aromatic heterocycles. The molecule has 0 fully saturated rings. The molecule has 0 aliphatic carbocycles. The van der Waals surface area contributed by atoms with Crippen LogP contribution < -0.4 is 0 Å². The van der Waals surface area contributed by atoms with E-state index in [9.17, 15) is 0 Å². The first kappa shape index (κ1) is 17.6. The van der Waals surface area contributed by atoms with Gasteiger partial charge in [-0.15, -0.1) is 0 Å². The topological polar surface area (TPSA) is 121 Å². The van der Waals surface area contributed by atoms with Gasteiger partial charge in [-0.2, -0.15) is 0 Å². The predicted octanol–water partition coefficient (Wildman–Crippen LogP) is -0.670. The van der Waals surface area contributed by atoms with E-state index in [0.29, 0.717) is 0 Å². The first-order valence-corrected chi connectivity index (χ1v) is 5.97. The summed E-state index contributed by atoms with van der Waals surface area (Å²) in [5.41, 5.74) is 0. The van der Waals surface area contributed by atoms with Crippen molar-refractivity contribution in [2.75, 3.05) is 19.8 Å². The van der Waals surface area contributed by atoms with Gasteiger partial charge in [-0.05, 0) is 12.8 Å². The fraction of sp³-hybridized carbons (Fsp3) is 1.00. The van der Waals surface area contributed by atoms with Crippen molar-refractivity contribution in [1.82, 2.24) is 0 Å². The van der Waals surface area contributed by atoms with Gasteiger partial charge in [0.2, 0.25) is 0 Å². The molecular formula is C8H21O6P. The number of aliphatic hydroxyl groups excluding tert-OH is 3. The third-order valence-electron chi connectivity index (χ3n) is 1.79. The van der Waals surface area contributed by atoms with Gasteiger partial charge in [-0.3, -0.25) is 0 Å². The molecule has 0 saturated heterocycles. The highest BCUT2D eigenvalue weighted by molar-refractivity contribution is 7.38. The van der Waals surface area contributed by atoms with E-state index < -0.39 is 8.60 Å². The van der Waals surface area contributed by atoms with E-state index in [1.165, 1.54) is 0 Å². The number of unbranched alkanes of at least 4 members (excludes halogenated alkanes) is 2. The van der Waals surface area contributed by atoms with Crippen molar-refractivity contribution < 1.29 is 30.0 Å². The van der Waals surface area contributed by atoms with Crippen LogP contribution in [0, 0.1) is 5.92 Å². The lowest BCUT2D eigenvalue weighted by Gasteiger charge is -2.09. The molecule has 6 nitrogen and oxygen atoms in total. The summed E-state index contributed by atoms with van der Waals surface area (Å²) in [4.78, 5) is 21.7. The van der Waals surface area contributed by atoms with Crippen molar-refractivity contribution in [3.05, 3.63) is 0 Å². The summed E-state index contributed by atoms with van der Waals surface area (Å²) >= 11 is 0. The van der Waals surface area contributed by atoms with E-state index >= 15 is 0 Å². The summed E-state index contributed by atoms with van der Waals surface area (Å²) in [7, 11) is -2.62. The summed E-state index contributed by atoms with van der Waals surface area (Å²) in [5, 5.41) is 25.8. The molecule has 0 amide bonds. The molecule has 6 N–H and O–H groups in total. The lowest BCUT2D eigenvalue weighted by molar-refractivity contribution is 0.141. The van der Waals surface area contributed by atoms with Crippen LogP contribution in [0.3, 0.4) is 0 Å². The molecule has 0 saturated carbocycles. The minimum absolute atomic E-state index is 0.0358. The standard InChI is InChI=1S/C8H18O3.H3O3P/c9-5-3-1-2-4-8(6-10)7-11;1-4(2)3/h8-11H,1-7H2;1-3H. The quantitative estimate of drug-likeness (QED) is 0.261. The van der Waals surface area contributed by atoms with Gasteiger partial charge in [0.15, 0.2) is 0 Å². The van der Waals surface area contributed by atoms with Gasteiger partial charge in [0.1, 0.15) is 0 Å². The fourth-order valence-electron chi connectivity index (χ4n) is 0.962. The lowest BCUT2D eigenvalue weighted by Crippen LogP contribution is -2.10. The number of aliphatic hydroxyl groups is 3. The maximum atomic E-state index is 8.67. The van der Waals surface area contributed by atoms with E-state index in [2.05, 4.69) is 0 Å². The third kappa shape index (κ3) is 20.3. The Labute approximate surface area is 90.8 Å². The minimum Gasteiger partial charge on any atom is -0.396 e. The van der Waals surface area contributed by atoms with Crippen LogP contribution in [-0.2, 0) is 0 Å². The largest absolute Gasteiger partial charge is 0.396 e. The summed E-state index contributed by atoms with van der Waals surface area (Å²) in [6.07, 6.45) is 3.63. The van der Waals surface area contributed by atoms with Crippen LogP contribution in [-0.4, -0.2) is 49.8 Å². The molecule has 0 rings (SSSR count). The molecule has 0 atom stereocenters. The zero-order chi connectivity index (χ0) is 12.1. The highest BCUT2D eigenvalue weighted by Crippen LogP contribution is 2.11. The predicted molar refractivity (Wildman–Crippen MR) is 56.8 cm³/mol. The average Bonchev–Trinajstić information content (AvgIpc) is 2.17. The van der Waals surface area contributed by atoms with Gasteiger partial charge < -0.3 is 30.0 Å². The van der Waals surface area contributed by atoms with Gasteiger partial charge in [-0.1, -0.05) is 12.8 Å². The molecule has 94 valence electrons. The van der Waals surface area contributed by atoms with Crippen LogP contribution in [0.4, 0.5) is 0 Å². The summed E-state index contributed by atoms with van der Waals surface area (Å²) in [6, 6.07) is 0. The Kier molecular flexibility index (Phi) is 16.6. The fourth-order valence-corrected chi connectivity index (χ4v) is 0.962. The Bertz CT molecular complexity index is 107. The molecular weight excluding hydrogens is 223 g/mol. The summed E-state index contributed by atoms with van der Waals surface area (Å²) in [6.45, 7) is 0.369. The van der Waals surface area contributed by atoms with Crippen LogP contribution >= 0.6 is 8.60 Å². The molecule has 15 heavy (non-hydrogen) atoms. The Balaban J connectivity index is 0. The normalized spacial score (nSPS) is 10.4. The number of hydrogen-bond acceptors (Lipinski definition) is 6. The van der Waals surface area contributed by atoms with E-state index in [4.69, 9.17) is 30.0 Å². The smallest absolute Gasteiger partial charge is 0.324 e. The summed E-state index contributed by atoms with van der Waals surface area (Å²) in [5.74, 6) is 0.0358. The van der Waals surface area contributed by atoms with Crippen molar-refractivity contribution in [3.63, 3.8) is 0 Å². The maximum Gasteiger partial charge on any atom is 0.324 e. The Morgan fingerprint density at radius 1 is 0.800 bits per heavy atom. The Morgan fingerprint density at radius 2 is 1.27 bits per heavy atom. The zero-order valence-corrected chi connectivity index (χ0v) is 9.55. The van der Waals surface area contributed by atoms with Crippen LogP contribution in [0.2, 0.25) is 0 Å². The number of hydrogen-bond donors (Lipinski definition) is 6. The summed E-state index contributed by atoms with van der Waals surface area (Å²) < 4.78 is 0. The van der Waals surface area contributed by atoms with Crippen LogP contribution in [0.25, 0.3) is 0 Å². The highest BCUT2D eigenvalue weighted by Gasteiger charge is 2.03. The average molecular weight is 244 g/mol. The van der Waals surface area contributed by atoms with E-state index in [0.717, 1.165) is 25.7 Å². The Morgan fingerprint density at radius 3 is 1.60 bits per heavy atom. The lowest BCUT2D eigenvalue weighted by atomic mass is 10.0. The van der Waals surface area contributed by atoms with Gasteiger partial charge in [-0.25, -0.2) is 0 Å². The molecule has 0 bridgehead atoms. The van der Waals surface area contributed by atoms with E-state index in [1.54, 1.807) is 0 Å². The van der Waals surface area contributed by atoms with E-state index in [-0.39, 0.29) is 25.7 Å². The molecule has 0 radical (unpaired) electrons. The molecule has 0 aliphatic rings. The zero-order valence-electron chi connectivity index (χ0n) is 8.66. The molecule has 7 heteroatoms. The van der Waals surface area contributed by atoms with Gasteiger partial charge >= 0.3 is 8.60 Å². The minimum atomic E-state index is -2.62. The molecule has 0 heterocycles. The molecule has 0 spiro atoms. The molecule has 0 unspecified atom stereocenters. The van der Waals surface area contributed by atoms with Crippen LogP contribution in [0.5, 0.6) is 0 Å². The van der Waals surface area contributed by atoms with Gasteiger partial charge in [0, 0.05) is 25.7 Å². The van der Waals surface area contributed by atoms with E-state index in [1.807, 2.05) is 0 Å². The first-order chi connectivity index (χ1) is 7.08. The number of rotatable bonds is 7. The molecule has 0 aromatic rings. The highest BCUT2D eigenvalue weighted by atomic mass is 31.2. The van der Waals surface area contributed by atoms with Gasteiger partial charge in [0.25, 0.3) is 0 Å². The monoisotopic (exact) mass is 244 g/mol. The van der Waals surface area contributed by atoms with Gasteiger partial charge in [0.05, 0.1) is 0 Å². The molecule has 0 aromatic carbocycles. The van der Waals surface area contributed by atoms with Crippen LogP contribution in [0.15, 0.2) is 0 Å². The van der Waals surface area contributed by atoms with Crippen molar-refractivity contribution in [1.29, 1.82) is 0 Å². The first-order valence-electron chi connectivity index (χ1n) is 4.77. The Hall–Kier alpha value is 0.190. The van der Waals surface area contributed by atoms with Crippen LogP contribution in [0.1, 0.15) is 25.7 Å². The maximum absolute atomic E-state index is 8.67. The van der Waals surface area contributed by atoms with Crippen molar-refractivity contribution in [3.8, 4) is 0 Å². The second kappa shape index (κ2) is 14.2.